The maximum atomic E-state index is 13.5. The minimum Gasteiger partial charge on any atom is -0.496 e. The Labute approximate surface area is 121 Å². The molecule has 112 valence electrons. The Morgan fingerprint density at radius 1 is 1.30 bits per heavy atom. The van der Waals surface area contributed by atoms with Crippen LogP contribution in [0.25, 0.3) is 0 Å². The van der Waals surface area contributed by atoms with E-state index in [4.69, 9.17) is 4.74 Å². The molecular formula is C17H26FNO. The van der Waals surface area contributed by atoms with Gasteiger partial charge in [0.1, 0.15) is 11.6 Å². The highest BCUT2D eigenvalue weighted by molar-refractivity contribution is 5.36. The van der Waals surface area contributed by atoms with E-state index in [2.05, 4.69) is 26.1 Å². The lowest BCUT2D eigenvalue weighted by molar-refractivity contribution is 0.195. The quantitative estimate of drug-likeness (QED) is 0.886. The van der Waals surface area contributed by atoms with Crippen molar-refractivity contribution < 1.29 is 9.13 Å². The average Bonchev–Trinajstić information content (AvgIpc) is 2.43. The van der Waals surface area contributed by atoms with Crippen molar-refractivity contribution in [3.8, 4) is 5.75 Å². The van der Waals surface area contributed by atoms with Crippen LogP contribution in [0.1, 0.15) is 51.6 Å². The lowest BCUT2D eigenvalue weighted by Gasteiger charge is -2.36. The lowest BCUT2D eigenvalue weighted by atomic mass is 9.77. The van der Waals surface area contributed by atoms with Gasteiger partial charge in [0.05, 0.1) is 7.11 Å². The van der Waals surface area contributed by atoms with Crippen LogP contribution >= 0.6 is 0 Å². The van der Waals surface area contributed by atoms with Crippen molar-refractivity contribution in [1.82, 2.24) is 5.32 Å². The van der Waals surface area contributed by atoms with Crippen molar-refractivity contribution >= 4 is 0 Å². The first-order valence-electron chi connectivity index (χ1n) is 7.62. The van der Waals surface area contributed by atoms with Gasteiger partial charge in [-0.15, -0.1) is 0 Å². The second-order valence-corrected chi connectivity index (χ2v) is 6.15. The van der Waals surface area contributed by atoms with Gasteiger partial charge in [-0.05, 0) is 43.4 Å². The Bertz CT molecular complexity index is 449. The first-order valence-corrected chi connectivity index (χ1v) is 7.62. The highest BCUT2D eigenvalue weighted by Gasteiger charge is 2.28. The molecule has 0 amide bonds. The molecule has 1 fully saturated rings. The van der Waals surface area contributed by atoms with Gasteiger partial charge in [-0.3, -0.25) is 0 Å². The van der Waals surface area contributed by atoms with Gasteiger partial charge in [0, 0.05) is 17.6 Å². The van der Waals surface area contributed by atoms with E-state index in [1.54, 1.807) is 19.2 Å². The summed E-state index contributed by atoms with van der Waals surface area (Å²) in [6, 6.07) is 5.32. The van der Waals surface area contributed by atoms with E-state index < -0.39 is 0 Å². The normalized spacial score (nSPS) is 28.1. The molecule has 4 atom stereocenters. The first kappa shape index (κ1) is 15.3. The largest absolute Gasteiger partial charge is 0.496 e. The van der Waals surface area contributed by atoms with Crippen LogP contribution in [-0.2, 0) is 0 Å². The Morgan fingerprint density at radius 3 is 2.75 bits per heavy atom. The maximum Gasteiger partial charge on any atom is 0.123 e. The Hall–Kier alpha value is -1.09. The van der Waals surface area contributed by atoms with E-state index in [9.17, 15) is 4.39 Å². The van der Waals surface area contributed by atoms with Crippen molar-refractivity contribution in [3.63, 3.8) is 0 Å². The number of ether oxygens (including phenoxy) is 1. The number of rotatable bonds is 4. The zero-order valence-electron chi connectivity index (χ0n) is 12.9. The summed E-state index contributed by atoms with van der Waals surface area (Å²) in [5.74, 6) is 1.95. The molecule has 1 aliphatic carbocycles. The number of halogens is 1. The second-order valence-electron chi connectivity index (χ2n) is 6.15. The minimum absolute atomic E-state index is 0.0957. The molecule has 3 heteroatoms. The lowest BCUT2D eigenvalue weighted by Crippen LogP contribution is -2.41. The Morgan fingerprint density at radius 2 is 2.05 bits per heavy atom. The van der Waals surface area contributed by atoms with Gasteiger partial charge in [0.15, 0.2) is 0 Å². The summed E-state index contributed by atoms with van der Waals surface area (Å²) < 4.78 is 18.8. The van der Waals surface area contributed by atoms with Gasteiger partial charge in [-0.2, -0.15) is 0 Å². The summed E-state index contributed by atoms with van der Waals surface area (Å²) in [5.41, 5.74) is 0.901. The third-order valence-electron chi connectivity index (χ3n) is 4.83. The van der Waals surface area contributed by atoms with Crippen molar-refractivity contribution in [3.05, 3.63) is 29.6 Å². The summed E-state index contributed by atoms with van der Waals surface area (Å²) in [7, 11) is 1.63. The topological polar surface area (TPSA) is 21.3 Å². The molecule has 1 saturated carbocycles. The van der Waals surface area contributed by atoms with Gasteiger partial charge in [-0.25, -0.2) is 4.39 Å². The minimum atomic E-state index is -0.209. The smallest absolute Gasteiger partial charge is 0.123 e. The molecule has 1 aromatic carbocycles. The molecule has 0 radical (unpaired) electrons. The molecule has 0 aromatic heterocycles. The SMILES string of the molecule is COc1ccc(F)cc1C(C)NC1CCCC(C)C1C. The fraction of sp³-hybridized carbons (Fsp3) is 0.647. The number of benzene rings is 1. The van der Waals surface area contributed by atoms with Gasteiger partial charge in [0.25, 0.3) is 0 Å². The Balaban J connectivity index is 2.11. The Kier molecular flexibility index (Phi) is 5.03. The number of nitrogens with one attached hydrogen (secondary N) is 1. The molecule has 1 N–H and O–H groups in total. The fourth-order valence-electron chi connectivity index (χ4n) is 3.27. The van der Waals surface area contributed by atoms with E-state index in [0.29, 0.717) is 12.0 Å². The zero-order valence-corrected chi connectivity index (χ0v) is 12.9. The van der Waals surface area contributed by atoms with E-state index >= 15 is 0 Å². The van der Waals surface area contributed by atoms with Gasteiger partial charge >= 0.3 is 0 Å². The van der Waals surface area contributed by atoms with E-state index in [1.807, 2.05) is 0 Å². The van der Waals surface area contributed by atoms with Crippen LogP contribution in [0.2, 0.25) is 0 Å². The van der Waals surface area contributed by atoms with Crippen LogP contribution < -0.4 is 10.1 Å². The summed E-state index contributed by atoms with van der Waals surface area (Å²) in [4.78, 5) is 0. The van der Waals surface area contributed by atoms with Crippen LogP contribution in [-0.4, -0.2) is 13.2 Å². The van der Waals surface area contributed by atoms with Gasteiger partial charge < -0.3 is 10.1 Å². The van der Waals surface area contributed by atoms with Crippen LogP contribution in [0.3, 0.4) is 0 Å². The first-order chi connectivity index (χ1) is 9.52. The average molecular weight is 279 g/mol. The monoisotopic (exact) mass is 279 g/mol. The van der Waals surface area contributed by atoms with Crippen molar-refractivity contribution in [2.24, 2.45) is 11.8 Å². The van der Waals surface area contributed by atoms with Gasteiger partial charge in [0.2, 0.25) is 0 Å². The van der Waals surface area contributed by atoms with Crippen LogP contribution in [0.4, 0.5) is 4.39 Å². The molecule has 0 heterocycles. The highest BCUT2D eigenvalue weighted by Crippen LogP contribution is 2.32. The predicted octanol–water partition coefficient (Wildman–Crippen LogP) is 4.31. The number of hydrogen-bond acceptors (Lipinski definition) is 2. The summed E-state index contributed by atoms with van der Waals surface area (Å²) in [5, 5.41) is 3.67. The van der Waals surface area contributed by atoms with E-state index in [0.717, 1.165) is 17.2 Å². The fourth-order valence-corrected chi connectivity index (χ4v) is 3.27. The summed E-state index contributed by atoms with van der Waals surface area (Å²) in [6.45, 7) is 6.73. The van der Waals surface area contributed by atoms with Crippen LogP contribution in [0.15, 0.2) is 18.2 Å². The second kappa shape index (κ2) is 6.57. The van der Waals surface area contributed by atoms with Gasteiger partial charge in [-0.1, -0.05) is 26.7 Å². The van der Waals surface area contributed by atoms with Crippen molar-refractivity contribution in [2.45, 2.75) is 52.1 Å². The highest BCUT2D eigenvalue weighted by atomic mass is 19.1. The molecule has 1 aromatic rings. The molecule has 1 aliphatic rings. The molecule has 2 nitrogen and oxygen atoms in total. The number of methoxy groups -OCH3 is 1. The van der Waals surface area contributed by atoms with Crippen molar-refractivity contribution in [2.75, 3.05) is 7.11 Å². The third-order valence-corrected chi connectivity index (χ3v) is 4.83. The summed E-state index contributed by atoms with van der Waals surface area (Å²) in [6.07, 6.45) is 3.79. The standard InChI is InChI=1S/C17H26FNO/c1-11-6-5-7-16(12(11)2)19-13(3)15-10-14(18)8-9-17(15)20-4/h8-13,16,19H,5-7H2,1-4H3. The van der Waals surface area contributed by atoms with Crippen LogP contribution in [0.5, 0.6) is 5.75 Å². The predicted molar refractivity (Wildman–Crippen MR) is 80.5 cm³/mol. The maximum absolute atomic E-state index is 13.5. The number of hydrogen-bond donors (Lipinski definition) is 1. The van der Waals surface area contributed by atoms with Crippen molar-refractivity contribution in [1.29, 1.82) is 0 Å². The van der Waals surface area contributed by atoms with E-state index in [-0.39, 0.29) is 11.9 Å². The summed E-state index contributed by atoms with van der Waals surface area (Å²) >= 11 is 0. The van der Waals surface area contributed by atoms with Crippen LogP contribution in [0, 0.1) is 17.7 Å². The molecular weight excluding hydrogens is 253 g/mol. The molecule has 0 saturated heterocycles. The molecule has 0 aliphatic heterocycles. The molecule has 4 unspecified atom stereocenters. The molecule has 20 heavy (non-hydrogen) atoms. The van der Waals surface area contributed by atoms with E-state index in [1.165, 1.54) is 25.3 Å². The third kappa shape index (κ3) is 3.32. The molecule has 2 rings (SSSR count). The zero-order chi connectivity index (χ0) is 14.7. The molecule has 0 spiro atoms. The molecule has 0 bridgehead atoms.